The molecule has 0 bridgehead atoms. The van der Waals surface area contributed by atoms with E-state index in [2.05, 4.69) is 11.9 Å². The third-order valence-corrected chi connectivity index (χ3v) is 4.21. The number of Topliss-reactive ketones (excluding diaryl/α,β-unsaturated/α-hetero) is 1. The number of carbonyl (C=O) groups excluding carboxylic acids is 2. The van der Waals surface area contributed by atoms with E-state index in [0.717, 1.165) is 6.07 Å². The van der Waals surface area contributed by atoms with E-state index in [0.29, 0.717) is 25.8 Å². The van der Waals surface area contributed by atoms with E-state index in [1.165, 1.54) is 18.2 Å². The maximum Gasteiger partial charge on any atom is 0.312 e. The van der Waals surface area contributed by atoms with E-state index >= 15 is 0 Å². The Labute approximate surface area is 173 Å². The van der Waals surface area contributed by atoms with Gasteiger partial charge in [-0.2, -0.15) is 0 Å². The summed E-state index contributed by atoms with van der Waals surface area (Å²) in [7, 11) is 0. The van der Waals surface area contributed by atoms with Gasteiger partial charge in [-0.05, 0) is 18.9 Å². The van der Waals surface area contributed by atoms with Crippen LogP contribution in [0.15, 0.2) is 30.9 Å². The molecule has 1 atom stereocenters. The second-order valence-corrected chi connectivity index (χ2v) is 6.49. The van der Waals surface area contributed by atoms with E-state index in [9.17, 15) is 34.9 Å². The summed E-state index contributed by atoms with van der Waals surface area (Å²) in [6.45, 7) is 3.35. The first kappa shape index (κ1) is 24.7. The molecule has 0 fully saturated rings. The lowest BCUT2D eigenvalue weighted by Crippen LogP contribution is -2.24. The van der Waals surface area contributed by atoms with Gasteiger partial charge in [0.05, 0.1) is 28.4 Å². The van der Waals surface area contributed by atoms with Gasteiger partial charge in [0.25, 0.3) is 11.4 Å². The quantitative estimate of drug-likeness (QED) is 0.142. The lowest BCUT2D eigenvalue weighted by Gasteiger charge is -2.12. The number of anilines is 1. The number of hydrogen-bond acceptors (Lipinski definition) is 9. The second-order valence-electron chi connectivity index (χ2n) is 6.49. The first-order valence-electron chi connectivity index (χ1n) is 9.37. The molecular formula is C19H25N3O8. The number of aliphatic hydroxyl groups excluding tert-OH is 1. The number of hydrogen-bond donors (Lipinski definition) is 2. The Morgan fingerprint density at radius 1 is 1.20 bits per heavy atom. The van der Waals surface area contributed by atoms with Crippen LogP contribution in [0.4, 0.5) is 17.1 Å². The van der Waals surface area contributed by atoms with Crippen molar-refractivity contribution in [3.05, 3.63) is 51.1 Å². The molecule has 1 aromatic carbocycles. The predicted molar refractivity (Wildman–Crippen MR) is 108 cm³/mol. The molecule has 0 aliphatic rings. The molecule has 0 aliphatic heterocycles. The summed E-state index contributed by atoms with van der Waals surface area (Å²) in [4.78, 5) is 44.1. The first-order chi connectivity index (χ1) is 14.3. The van der Waals surface area contributed by atoms with Crippen molar-refractivity contribution in [1.82, 2.24) is 0 Å². The molecule has 0 heterocycles. The number of esters is 1. The highest BCUT2D eigenvalue weighted by atomic mass is 16.6. The van der Waals surface area contributed by atoms with Crippen molar-refractivity contribution in [1.29, 1.82) is 0 Å². The zero-order valence-electron chi connectivity index (χ0n) is 16.5. The second kappa shape index (κ2) is 13.0. The molecule has 0 aliphatic carbocycles. The van der Waals surface area contributed by atoms with Crippen LogP contribution in [0.5, 0.6) is 0 Å². The van der Waals surface area contributed by atoms with E-state index < -0.39 is 28.3 Å². The van der Waals surface area contributed by atoms with Crippen molar-refractivity contribution in [3.63, 3.8) is 0 Å². The summed E-state index contributed by atoms with van der Waals surface area (Å²) < 4.78 is 4.83. The van der Waals surface area contributed by atoms with Crippen LogP contribution in [0.2, 0.25) is 0 Å². The third kappa shape index (κ3) is 8.35. The number of nitrogens with zero attached hydrogens (tertiary/aromatic N) is 2. The Bertz CT molecular complexity index is 781. The first-order valence-corrected chi connectivity index (χ1v) is 9.37. The van der Waals surface area contributed by atoms with Gasteiger partial charge in [0.2, 0.25) is 0 Å². The van der Waals surface area contributed by atoms with Crippen LogP contribution in [-0.4, -0.2) is 46.5 Å². The number of aliphatic hydroxyl groups is 1. The van der Waals surface area contributed by atoms with Crippen LogP contribution >= 0.6 is 0 Å². The molecule has 0 unspecified atom stereocenters. The van der Waals surface area contributed by atoms with E-state index in [1.807, 2.05) is 0 Å². The van der Waals surface area contributed by atoms with Gasteiger partial charge in [-0.25, -0.2) is 0 Å². The fraction of sp³-hybridized carbons (Fsp3) is 0.474. The van der Waals surface area contributed by atoms with E-state index in [1.54, 1.807) is 0 Å². The molecule has 0 saturated carbocycles. The van der Waals surface area contributed by atoms with Crippen molar-refractivity contribution in [2.24, 2.45) is 5.92 Å². The maximum atomic E-state index is 12.0. The number of carbonyl (C=O) groups is 2. The topological polar surface area (TPSA) is 162 Å². The van der Waals surface area contributed by atoms with Gasteiger partial charge in [0.15, 0.2) is 0 Å². The minimum atomic E-state index is -0.887. The molecule has 0 amide bonds. The fourth-order valence-corrected chi connectivity index (χ4v) is 2.64. The summed E-state index contributed by atoms with van der Waals surface area (Å²) in [6, 6.07) is 3.38. The summed E-state index contributed by atoms with van der Waals surface area (Å²) in [6.07, 6.45) is 3.37. The number of ether oxygens (including phenoxy) is 1. The molecular weight excluding hydrogens is 398 g/mol. The lowest BCUT2D eigenvalue weighted by molar-refractivity contribution is -0.393. The summed E-state index contributed by atoms with van der Waals surface area (Å²) in [5.41, 5.74) is -0.552. The van der Waals surface area contributed by atoms with Crippen molar-refractivity contribution in [2.45, 2.75) is 32.1 Å². The Hall–Kier alpha value is -3.34. The zero-order chi connectivity index (χ0) is 22.5. The summed E-state index contributed by atoms with van der Waals surface area (Å²) >= 11 is 0. The average Bonchev–Trinajstić information content (AvgIpc) is 2.72. The van der Waals surface area contributed by atoms with Crippen LogP contribution in [0.3, 0.4) is 0 Å². The van der Waals surface area contributed by atoms with Crippen molar-refractivity contribution in [3.8, 4) is 0 Å². The maximum absolute atomic E-state index is 12.0. The summed E-state index contributed by atoms with van der Waals surface area (Å²) in [5, 5.41) is 33.9. The van der Waals surface area contributed by atoms with Gasteiger partial charge < -0.3 is 15.2 Å². The van der Waals surface area contributed by atoms with Crippen LogP contribution < -0.4 is 5.32 Å². The molecule has 2 N–H and O–H groups in total. The number of rotatable bonds is 15. The zero-order valence-corrected chi connectivity index (χ0v) is 16.5. The molecule has 0 radical (unpaired) electrons. The Balaban J connectivity index is 2.37. The predicted octanol–water partition coefficient (Wildman–Crippen LogP) is 2.77. The third-order valence-electron chi connectivity index (χ3n) is 4.21. The van der Waals surface area contributed by atoms with Gasteiger partial charge in [0, 0.05) is 25.5 Å². The van der Waals surface area contributed by atoms with Gasteiger partial charge in [-0.3, -0.25) is 29.8 Å². The van der Waals surface area contributed by atoms with Crippen LogP contribution in [0.1, 0.15) is 32.1 Å². The molecule has 0 aromatic heterocycles. The van der Waals surface area contributed by atoms with Crippen molar-refractivity contribution >= 4 is 28.8 Å². The van der Waals surface area contributed by atoms with E-state index in [-0.39, 0.29) is 42.3 Å². The minimum absolute atomic E-state index is 0.0173. The Kier molecular flexibility index (Phi) is 10.7. The molecule has 11 nitrogen and oxygen atoms in total. The number of ketones is 1. The molecule has 11 heteroatoms. The number of nitro groups is 2. The van der Waals surface area contributed by atoms with Crippen LogP contribution in [-0.2, 0) is 14.3 Å². The number of unbranched alkanes of at least 4 members (excludes halogenated alkanes) is 2. The van der Waals surface area contributed by atoms with E-state index in [4.69, 9.17) is 4.74 Å². The average molecular weight is 423 g/mol. The molecule has 1 aromatic rings. The minimum Gasteiger partial charge on any atom is -0.461 e. The molecule has 164 valence electrons. The van der Waals surface area contributed by atoms with Crippen molar-refractivity contribution < 1.29 is 29.3 Å². The fourth-order valence-electron chi connectivity index (χ4n) is 2.64. The molecule has 30 heavy (non-hydrogen) atoms. The highest BCUT2D eigenvalue weighted by Crippen LogP contribution is 2.28. The van der Waals surface area contributed by atoms with Crippen LogP contribution in [0, 0.1) is 26.1 Å². The van der Waals surface area contributed by atoms with Gasteiger partial charge in [-0.1, -0.05) is 19.1 Å². The summed E-state index contributed by atoms with van der Waals surface area (Å²) in [5.74, 6) is -1.69. The highest BCUT2D eigenvalue weighted by molar-refractivity contribution is 5.84. The number of benzene rings is 1. The Morgan fingerprint density at radius 3 is 2.53 bits per heavy atom. The number of nitro benzene ring substituents is 2. The van der Waals surface area contributed by atoms with Crippen LogP contribution in [0.25, 0.3) is 0 Å². The SMILES string of the molecule is C=CCOC(=O)[C@H](CO)CC(=O)CCCCCNc1ccc([N+](=O)[O-])cc1[N+](=O)[O-]. The normalized spacial score (nSPS) is 11.4. The lowest BCUT2D eigenvalue weighted by atomic mass is 10.00. The highest BCUT2D eigenvalue weighted by Gasteiger charge is 2.22. The monoisotopic (exact) mass is 423 g/mol. The number of non-ortho nitro benzene ring substituents is 1. The Morgan fingerprint density at radius 2 is 1.93 bits per heavy atom. The van der Waals surface area contributed by atoms with Gasteiger partial charge in [-0.15, -0.1) is 0 Å². The largest absolute Gasteiger partial charge is 0.461 e. The molecule has 0 spiro atoms. The smallest absolute Gasteiger partial charge is 0.312 e. The standard InChI is InChI=1S/C19H25N3O8/c1-2-10-30-19(25)14(13-23)11-16(24)6-4-3-5-9-20-17-8-7-15(21(26)27)12-18(17)22(28)29/h2,7-8,12,14,20,23H,1,3-6,9-11,13H2/t14-/m0/s1. The van der Waals surface area contributed by atoms with Gasteiger partial charge in [0.1, 0.15) is 18.1 Å². The number of nitrogens with one attached hydrogen (secondary N) is 1. The van der Waals surface area contributed by atoms with Gasteiger partial charge >= 0.3 is 5.97 Å². The van der Waals surface area contributed by atoms with Crippen molar-refractivity contribution in [2.75, 3.05) is 25.1 Å². The molecule has 0 saturated heterocycles. The molecule has 1 rings (SSSR count).